The van der Waals surface area contributed by atoms with Crippen LogP contribution in [0.3, 0.4) is 0 Å². The monoisotopic (exact) mass is 341 g/mol. The van der Waals surface area contributed by atoms with Gasteiger partial charge in [-0.3, -0.25) is 4.79 Å². The third-order valence-corrected chi connectivity index (χ3v) is 4.49. The molecular formula is C19H23N3O3. The Morgan fingerprint density at radius 1 is 1.40 bits per heavy atom. The minimum absolute atomic E-state index is 0.0887. The molecule has 25 heavy (non-hydrogen) atoms. The van der Waals surface area contributed by atoms with Gasteiger partial charge in [-0.15, -0.1) is 0 Å². The predicted molar refractivity (Wildman–Crippen MR) is 93.4 cm³/mol. The Morgan fingerprint density at radius 2 is 2.16 bits per heavy atom. The lowest BCUT2D eigenvalue weighted by molar-refractivity contribution is 0.0633. The number of phenolic OH excluding ortho intramolecular Hbond substituents is 1. The highest BCUT2D eigenvalue weighted by Gasteiger charge is 2.28. The lowest BCUT2D eigenvalue weighted by Crippen LogP contribution is -2.35. The van der Waals surface area contributed by atoms with Gasteiger partial charge >= 0.3 is 0 Å². The van der Waals surface area contributed by atoms with E-state index in [1.165, 1.54) is 6.07 Å². The number of likely N-dealkylation sites (N-methyl/N-ethyl adjacent to an activating group) is 1. The molecule has 1 saturated carbocycles. The third kappa shape index (κ3) is 3.96. The molecule has 1 fully saturated rings. The quantitative estimate of drug-likeness (QED) is 0.843. The van der Waals surface area contributed by atoms with E-state index in [0.717, 1.165) is 18.7 Å². The van der Waals surface area contributed by atoms with Gasteiger partial charge in [-0.2, -0.15) is 0 Å². The number of nitrogens with zero attached hydrogens (tertiary/aromatic N) is 3. The molecule has 0 saturated heterocycles. The summed E-state index contributed by atoms with van der Waals surface area (Å²) in [6, 6.07) is 6.44. The number of carbonyl (C=O) groups excluding carboxylic acids is 1. The number of aryl methyl sites for hydroxylation is 1. The van der Waals surface area contributed by atoms with Crippen LogP contribution in [0.4, 0.5) is 0 Å². The molecule has 6 heteroatoms. The van der Waals surface area contributed by atoms with Gasteiger partial charge in [0.15, 0.2) is 0 Å². The van der Waals surface area contributed by atoms with E-state index in [2.05, 4.69) is 9.97 Å². The van der Waals surface area contributed by atoms with Crippen molar-refractivity contribution in [3.63, 3.8) is 0 Å². The molecule has 0 bridgehead atoms. The van der Waals surface area contributed by atoms with Crippen molar-refractivity contribution in [1.29, 1.82) is 0 Å². The van der Waals surface area contributed by atoms with Crippen LogP contribution in [0.1, 0.15) is 59.2 Å². The second-order valence-electron chi connectivity index (χ2n) is 6.46. The minimum Gasteiger partial charge on any atom is -0.508 e. The largest absolute Gasteiger partial charge is 0.508 e. The molecule has 6 nitrogen and oxygen atoms in total. The van der Waals surface area contributed by atoms with Crippen molar-refractivity contribution in [2.45, 2.75) is 38.7 Å². The van der Waals surface area contributed by atoms with Crippen LogP contribution in [0, 0.1) is 6.92 Å². The normalized spacial score (nSPS) is 15.0. The molecule has 0 radical (unpaired) electrons. The van der Waals surface area contributed by atoms with Gasteiger partial charge in [0, 0.05) is 18.7 Å². The van der Waals surface area contributed by atoms with E-state index >= 15 is 0 Å². The van der Waals surface area contributed by atoms with Crippen LogP contribution >= 0.6 is 0 Å². The van der Waals surface area contributed by atoms with Gasteiger partial charge in [0.05, 0.1) is 23.9 Å². The van der Waals surface area contributed by atoms with Crippen LogP contribution in [-0.4, -0.2) is 44.1 Å². The van der Waals surface area contributed by atoms with Gasteiger partial charge in [0.1, 0.15) is 11.6 Å². The number of amides is 1. The van der Waals surface area contributed by atoms with Gasteiger partial charge in [-0.25, -0.2) is 9.97 Å². The maximum atomic E-state index is 12.8. The smallest absolute Gasteiger partial charge is 0.257 e. The van der Waals surface area contributed by atoms with Crippen LogP contribution in [0.2, 0.25) is 0 Å². The van der Waals surface area contributed by atoms with Gasteiger partial charge < -0.3 is 15.1 Å². The summed E-state index contributed by atoms with van der Waals surface area (Å²) in [4.78, 5) is 23.2. The Morgan fingerprint density at radius 3 is 2.76 bits per heavy atom. The summed E-state index contributed by atoms with van der Waals surface area (Å²) in [5, 5.41) is 19.9. The Balaban J connectivity index is 1.74. The first kappa shape index (κ1) is 17.4. The van der Waals surface area contributed by atoms with Gasteiger partial charge in [-0.05, 0) is 44.4 Å². The van der Waals surface area contributed by atoms with Crippen molar-refractivity contribution in [1.82, 2.24) is 14.9 Å². The molecule has 2 N–H and O–H groups in total. The standard InChI is InChI=1S/C19H23N3O3/c1-3-22(11-17(24)14-5-4-6-15(23)9-14)19(25)16-10-20-18(13-7-8-13)21-12(16)2/h4-6,9-10,13,17,23-24H,3,7-8,11H2,1-2H3/t17-/m1/s1. The molecule has 1 aliphatic rings. The van der Waals surface area contributed by atoms with Crippen LogP contribution in [0.15, 0.2) is 30.5 Å². The molecule has 132 valence electrons. The molecule has 0 aliphatic heterocycles. The zero-order valence-electron chi connectivity index (χ0n) is 14.5. The highest BCUT2D eigenvalue weighted by atomic mass is 16.3. The maximum absolute atomic E-state index is 12.8. The number of carbonyl (C=O) groups is 1. The number of aromatic hydroxyl groups is 1. The molecule has 1 aromatic heterocycles. The summed E-state index contributed by atoms with van der Waals surface area (Å²) in [5.41, 5.74) is 1.71. The van der Waals surface area contributed by atoms with Crippen molar-refractivity contribution >= 4 is 5.91 Å². The number of hydrogen-bond acceptors (Lipinski definition) is 5. The molecule has 2 aromatic rings. The Kier molecular flexibility index (Phi) is 4.99. The zero-order chi connectivity index (χ0) is 18.0. The average Bonchev–Trinajstić information content (AvgIpc) is 3.44. The summed E-state index contributed by atoms with van der Waals surface area (Å²) in [7, 11) is 0. The summed E-state index contributed by atoms with van der Waals surface area (Å²) in [6.07, 6.45) is 2.96. The lowest BCUT2D eigenvalue weighted by atomic mass is 10.1. The van der Waals surface area contributed by atoms with Crippen molar-refractivity contribution in [3.05, 3.63) is 53.1 Å². The Hall–Kier alpha value is -2.47. The second-order valence-corrected chi connectivity index (χ2v) is 6.46. The molecule has 1 amide bonds. The predicted octanol–water partition coefficient (Wildman–Crippen LogP) is 2.56. The summed E-state index contributed by atoms with van der Waals surface area (Å²) < 4.78 is 0. The fourth-order valence-corrected chi connectivity index (χ4v) is 2.81. The number of aromatic nitrogens is 2. The summed E-state index contributed by atoms with van der Waals surface area (Å²) in [6.45, 7) is 4.28. The first-order chi connectivity index (χ1) is 12.0. The minimum atomic E-state index is -0.872. The highest BCUT2D eigenvalue weighted by molar-refractivity contribution is 5.95. The average molecular weight is 341 g/mol. The van der Waals surface area contributed by atoms with Crippen molar-refractivity contribution in [3.8, 4) is 5.75 Å². The zero-order valence-corrected chi connectivity index (χ0v) is 14.5. The molecule has 0 unspecified atom stereocenters. The molecule has 1 aliphatic carbocycles. The molecule has 0 spiro atoms. The van der Waals surface area contributed by atoms with E-state index in [-0.39, 0.29) is 18.2 Å². The third-order valence-electron chi connectivity index (χ3n) is 4.49. The lowest BCUT2D eigenvalue weighted by Gasteiger charge is -2.24. The fourth-order valence-electron chi connectivity index (χ4n) is 2.81. The van der Waals surface area contributed by atoms with Crippen LogP contribution in [0.5, 0.6) is 5.75 Å². The molecule has 1 aromatic carbocycles. The van der Waals surface area contributed by atoms with Crippen LogP contribution < -0.4 is 0 Å². The molecule has 3 rings (SSSR count). The maximum Gasteiger partial charge on any atom is 0.257 e. The molecular weight excluding hydrogens is 318 g/mol. The summed E-state index contributed by atoms with van der Waals surface area (Å²) in [5.74, 6) is 1.15. The van der Waals surface area contributed by atoms with E-state index in [1.54, 1.807) is 29.3 Å². The highest BCUT2D eigenvalue weighted by Crippen LogP contribution is 2.38. The van der Waals surface area contributed by atoms with Crippen molar-refractivity contribution < 1.29 is 15.0 Å². The van der Waals surface area contributed by atoms with Crippen molar-refractivity contribution in [2.24, 2.45) is 0 Å². The Bertz CT molecular complexity index is 774. The molecule has 1 atom stereocenters. The second kappa shape index (κ2) is 7.19. The summed E-state index contributed by atoms with van der Waals surface area (Å²) >= 11 is 0. The van der Waals surface area contributed by atoms with Gasteiger partial charge in [-0.1, -0.05) is 12.1 Å². The number of phenols is 1. The van der Waals surface area contributed by atoms with E-state index in [9.17, 15) is 15.0 Å². The van der Waals surface area contributed by atoms with E-state index < -0.39 is 6.10 Å². The SMILES string of the molecule is CCN(C[C@@H](O)c1cccc(O)c1)C(=O)c1cnc(C2CC2)nc1C. The number of hydrogen-bond donors (Lipinski definition) is 2. The number of aliphatic hydroxyl groups is 1. The topological polar surface area (TPSA) is 86.5 Å². The van der Waals surface area contributed by atoms with E-state index in [4.69, 9.17) is 0 Å². The Labute approximate surface area is 147 Å². The van der Waals surface area contributed by atoms with Crippen LogP contribution in [-0.2, 0) is 0 Å². The van der Waals surface area contributed by atoms with Crippen molar-refractivity contribution in [2.75, 3.05) is 13.1 Å². The fraction of sp³-hybridized carbons (Fsp3) is 0.421. The first-order valence-electron chi connectivity index (χ1n) is 8.59. The first-order valence-corrected chi connectivity index (χ1v) is 8.59. The van der Waals surface area contributed by atoms with Crippen LogP contribution in [0.25, 0.3) is 0 Å². The van der Waals surface area contributed by atoms with Gasteiger partial charge in [0.25, 0.3) is 5.91 Å². The van der Waals surface area contributed by atoms with E-state index in [1.807, 2.05) is 13.8 Å². The van der Waals surface area contributed by atoms with Gasteiger partial charge in [0.2, 0.25) is 0 Å². The number of rotatable bonds is 6. The number of benzene rings is 1. The van der Waals surface area contributed by atoms with E-state index in [0.29, 0.717) is 29.3 Å². The molecule has 1 heterocycles. The number of aliphatic hydroxyl groups excluding tert-OH is 1.